The SMILES string of the molecule is COc1ccc2oc(C(=O)N3CCOC(c4ccc(F)cc4)C3)c(C)c2c1. The van der Waals surface area contributed by atoms with Gasteiger partial charge in [-0.15, -0.1) is 0 Å². The van der Waals surface area contributed by atoms with Crippen molar-refractivity contribution < 1.29 is 23.1 Å². The van der Waals surface area contributed by atoms with E-state index in [2.05, 4.69) is 0 Å². The molecule has 1 aliphatic rings. The minimum atomic E-state index is -0.296. The normalized spacial score (nSPS) is 17.3. The number of ether oxygens (including phenoxy) is 2. The van der Waals surface area contributed by atoms with E-state index in [0.717, 1.165) is 16.5 Å². The lowest BCUT2D eigenvalue weighted by atomic mass is 10.1. The highest BCUT2D eigenvalue weighted by atomic mass is 19.1. The number of furan rings is 1. The quantitative estimate of drug-likeness (QED) is 0.697. The maximum Gasteiger partial charge on any atom is 0.290 e. The fourth-order valence-corrected chi connectivity index (χ4v) is 3.39. The molecule has 0 aliphatic carbocycles. The fraction of sp³-hybridized carbons (Fsp3) is 0.286. The Labute approximate surface area is 156 Å². The molecule has 5 nitrogen and oxygen atoms in total. The zero-order valence-electron chi connectivity index (χ0n) is 15.2. The molecule has 2 aromatic carbocycles. The summed E-state index contributed by atoms with van der Waals surface area (Å²) in [6, 6.07) is 11.6. The maximum absolute atomic E-state index is 13.2. The van der Waals surface area contributed by atoms with Gasteiger partial charge in [-0.05, 0) is 42.8 Å². The number of rotatable bonds is 3. The first-order chi connectivity index (χ1) is 13.1. The summed E-state index contributed by atoms with van der Waals surface area (Å²) in [5.41, 5.74) is 2.29. The van der Waals surface area contributed by atoms with Crippen molar-refractivity contribution in [2.45, 2.75) is 13.0 Å². The monoisotopic (exact) mass is 369 g/mol. The maximum atomic E-state index is 13.2. The van der Waals surface area contributed by atoms with Crippen molar-refractivity contribution >= 4 is 16.9 Å². The second-order valence-corrected chi connectivity index (χ2v) is 6.58. The molecule has 1 aliphatic heterocycles. The number of carbonyl (C=O) groups excluding carboxylic acids is 1. The van der Waals surface area contributed by atoms with Crippen LogP contribution in [0.4, 0.5) is 4.39 Å². The molecule has 0 radical (unpaired) electrons. The van der Waals surface area contributed by atoms with Crippen LogP contribution in [0.3, 0.4) is 0 Å². The van der Waals surface area contributed by atoms with Crippen molar-refractivity contribution in [3.8, 4) is 5.75 Å². The van der Waals surface area contributed by atoms with Crippen molar-refractivity contribution in [2.24, 2.45) is 0 Å². The molecule has 1 amide bonds. The van der Waals surface area contributed by atoms with Crippen LogP contribution in [0.1, 0.15) is 27.8 Å². The molecule has 140 valence electrons. The number of hydrogen-bond donors (Lipinski definition) is 0. The molecule has 0 N–H and O–H groups in total. The lowest BCUT2D eigenvalue weighted by molar-refractivity contribution is -0.0237. The largest absolute Gasteiger partial charge is 0.497 e. The number of halogens is 1. The molecule has 2 heterocycles. The van der Waals surface area contributed by atoms with Gasteiger partial charge < -0.3 is 18.8 Å². The Balaban J connectivity index is 1.59. The van der Waals surface area contributed by atoms with Crippen LogP contribution in [0, 0.1) is 12.7 Å². The number of amides is 1. The van der Waals surface area contributed by atoms with Gasteiger partial charge in [-0.25, -0.2) is 4.39 Å². The molecule has 0 spiro atoms. The third kappa shape index (κ3) is 3.28. The Morgan fingerprint density at radius 3 is 2.74 bits per heavy atom. The van der Waals surface area contributed by atoms with Gasteiger partial charge in [0, 0.05) is 17.5 Å². The molecule has 1 fully saturated rings. The van der Waals surface area contributed by atoms with Crippen molar-refractivity contribution in [3.05, 3.63) is 65.2 Å². The van der Waals surface area contributed by atoms with Crippen molar-refractivity contribution in [3.63, 3.8) is 0 Å². The van der Waals surface area contributed by atoms with Crippen molar-refractivity contribution in [1.29, 1.82) is 0 Å². The van der Waals surface area contributed by atoms with E-state index in [0.29, 0.717) is 36.8 Å². The lowest BCUT2D eigenvalue weighted by Crippen LogP contribution is -2.42. The highest BCUT2D eigenvalue weighted by molar-refractivity contribution is 5.99. The molecule has 0 saturated carbocycles. The average molecular weight is 369 g/mol. The van der Waals surface area contributed by atoms with E-state index in [-0.39, 0.29) is 17.8 Å². The van der Waals surface area contributed by atoms with Crippen molar-refractivity contribution in [2.75, 3.05) is 26.8 Å². The van der Waals surface area contributed by atoms with Crippen LogP contribution in [-0.4, -0.2) is 37.6 Å². The fourth-order valence-electron chi connectivity index (χ4n) is 3.39. The van der Waals surface area contributed by atoms with Gasteiger partial charge in [-0.2, -0.15) is 0 Å². The molecule has 27 heavy (non-hydrogen) atoms. The molecule has 1 saturated heterocycles. The number of nitrogens with zero attached hydrogens (tertiary/aromatic N) is 1. The zero-order chi connectivity index (χ0) is 19.0. The van der Waals surface area contributed by atoms with E-state index in [4.69, 9.17) is 13.9 Å². The van der Waals surface area contributed by atoms with Gasteiger partial charge in [0.2, 0.25) is 0 Å². The summed E-state index contributed by atoms with van der Waals surface area (Å²) in [5, 5.41) is 0.862. The Morgan fingerprint density at radius 2 is 2.00 bits per heavy atom. The highest BCUT2D eigenvalue weighted by Crippen LogP contribution is 2.31. The predicted octanol–water partition coefficient (Wildman–Crippen LogP) is 4.10. The number of methoxy groups -OCH3 is 1. The zero-order valence-corrected chi connectivity index (χ0v) is 15.2. The third-order valence-electron chi connectivity index (χ3n) is 4.93. The Kier molecular flexibility index (Phi) is 4.58. The lowest BCUT2D eigenvalue weighted by Gasteiger charge is -2.32. The van der Waals surface area contributed by atoms with Crippen LogP contribution in [0.5, 0.6) is 5.75 Å². The van der Waals surface area contributed by atoms with E-state index < -0.39 is 0 Å². The number of hydrogen-bond acceptors (Lipinski definition) is 4. The number of carbonyl (C=O) groups is 1. The average Bonchev–Trinajstić information content (AvgIpc) is 3.04. The summed E-state index contributed by atoms with van der Waals surface area (Å²) in [4.78, 5) is 14.8. The summed E-state index contributed by atoms with van der Waals surface area (Å²) in [6.45, 7) is 3.16. The Hall–Kier alpha value is -2.86. The van der Waals surface area contributed by atoms with Crippen LogP contribution in [0.2, 0.25) is 0 Å². The smallest absolute Gasteiger partial charge is 0.290 e. The van der Waals surface area contributed by atoms with Crippen LogP contribution in [0.15, 0.2) is 46.9 Å². The summed E-state index contributed by atoms with van der Waals surface area (Å²) in [6.07, 6.45) is -0.284. The first kappa shape index (κ1) is 17.5. The molecular formula is C21H20FNO4. The molecule has 0 bridgehead atoms. The van der Waals surface area contributed by atoms with Gasteiger partial charge >= 0.3 is 0 Å². The van der Waals surface area contributed by atoms with E-state index in [9.17, 15) is 9.18 Å². The van der Waals surface area contributed by atoms with Crippen LogP contribution in [0.25, 0.3) is 11.0 Å². The first-order valence-corrected chi connectivity index (χ1v) is 8.80. The summed E-state index contributed by atoms with van der Waals surface area (Å²) in [7, 11) is 1.60. The molecule has 1 aromatic heterocycles. The summed E-state index contributed by atoms with van der Waals surface area (Å²) >= 11 is 0. The minimum absolute atomic E-state index is 0.168. The van der Waals surface area contributed by atoms with E-state index in [1.807, 2.05) is 13.0 Å². The summed E-state index contributed by atoms with van der Waals surface area (Å²) in [5.74, 6) is 0.583. The topological polar surface area (TPSA) is 51.9 Å². The molecule has 4 rings (SSSR count). The number of aryl methyl sites for hydroxylation is 1. The van der Waals surface area contributed by atoms with Crippen molar-refractivity contribution in [1.82, 2.24) is 4.90 Å². The Bertz CT molecular complexity index is 980. The van der Waals surface area contributed by atoms with Gasteiger partial charge in [0.05, 0.1) is 20.3 Å². The standard InChI is InChI=1S/C21H20FNO4/c1-13-17-11-16(25-2)7-8-18(17)27-20(13)21(24)23-9-10-26-19(12-23)14-3-5-15(22)6-4-14/h3-8,11,19H,9-10,12H2,1-2H3. The third-order valence-corrected chi connectivity index (χ3v) is 4.93. The predicted molar refractivity (Wildman–Crippen MR) is 98.5 cm³/mol. The molecular weight excluding hydrogens is 349 g/mol. The van der Waals surface area contributed by atoms with Crippen LogP contribution >= 0.6 is 0 Å². The van der Waals surface area contributed by atoms with Gasteiger partial charge in [0.15, 0.2) is 5.76 Å². The van der Waals surface area contributed by atoms with E-state index >= 15 is 0 Å². The second kappa shape index (κ2) is 7.04. The molecule has 1 atom stereocenters. The van der Waals surface area contributed by atoms with Crippen LogP contribution in [-0.2, 0) is 4.74 Å². The molecule has 6 heteroatoms. The van der Waals surface area contributed by atoms with Gasteiger partial charge in [0.1, 0.15) is 23.3 Å². The molecule has 3 aromatic rings. The number of benzene rings is 2. The number of morpholine rings is 1. The van der Waals surface area contributed by atoms with Gasteiger partial charge in [0.25, 0.3) is 5.91 Å². The van der Waals surface area contributed by atoms with Gasteiger partial charge in [-0.3, -0.25) is 4.79 Å². The minimum Gasteiger partial charge on any atom is -0.497 e. The van der Waals surface area contributed by atoms with Crippen LogP contribution < -0.4 is 4.74 Å². The number of fused-ring (bicyclic) bond motifs is 1. The molecule has 1 unspecified atom stereocenters. The summed E-state index contributed by atoms with van der Waals surface area (Å²) < 4.78 is 30.0. The van der Waals surface area contributed by atoms with E-state index in [1.165, 1.54) is 12.1 Å². The highest BCUT2D eigenvalue weighted by Gasteiger charge is 2.29. The first-order valence-electron chi connectivity index (χ1n) is 8.80. The van der Waals surface area contributed by atoms with Gasteiger partial charge in [-0.1, -0.05) is 12.1 Å². The van der Waals surface area contributed by atoms with E-state index in [1.54, 1.807) is 36.3 Å². The second-order valence-electron chi connectivity index (χ2n) is 6.58. The Morgan fingerprint density at radius 1 is 1.22 bits per heavy atom.